The molecular weight excluding hydrogens is 216 g/mol. The summed E-state index contributed by atoms with van der Waals surface area (Å²) in [5.74, 6) is 0. The zero-order valence-corrected chi connectivity index (χ0v) is 11.0. The zero-order chi connectivity index (χ0) is 12.6. The van der Waals surface area contributed by atoms with Crippen LogP contribution in [0.25, 0.3) is 0 Å². The average molecular weight is 244 g/mol. The Kier molecular flexibility index (Phi) is 14.9. The minimum atomic E-state index is 0.341. The third-order valence-electron chi connectivity index (χ3n) is 2.99. The molecule has 0 saturated carbocycles. The molecule has 3 heteroatoms. The van der Waals surface area contributed by atoms with Crippen LogP contribution >= 0.6 is 0 Å². The molecule has 0 spiro atoms. The molecule has 0 aromatic carbocycles. The molecule has 0 rings (SSSR count). The van der Waals surface area contributed by atoms with Crippen molar-refractivity contribution in [2.24, 2.45) is 0 Å². The summed E-state index contributed by atoms with van der Waals surface area (Å²) < 4.78 is 4.63. The molecule has 0 saturated heterocycles. The van der Waals surface area contributed by atoms with Crippen molar-refractivity contribution >= 4 is 6.47 Å². The first-order valence-electron chi connectivity index (χ1n) is 7.08. The van der Waals surface area contributed by atoms with Crippen molar-refractivity contribution in [2.75, 3.05) is 13.2 Å². The van der Waals surface area contributed by atoms with E-state index in [0.29, 0.717) is 19.7 Å². The van der Waals surface area contributed by atoms with E-state index in [9.17, 15) is 4.79 Å². The van der Waals surface area contributed by atoms with Gasteiger partial charge in [-0.1, -0.05) is 57.8 Å². The van der Waals surface area contributed by atoms with Crippen LogP contribution in [0.4, 0.5) is 0 Å². The van der Waals surface area contributed by atoms with Gasteiger partial charge in [0.1, 0.15) is 0 Å². The predicted molar refractivity (Wildman–Crippen MR) is 69.9 cm³/mol. The van der Waals surface area contributed by atoms with Crippen molar-refractivity contribution < 1.29 is 14.6 Å². The highest BCUT2D eigenvalue weighted by Gasteiger charge is 1.93. The van der Waals surface area contributed by atoms with Crippen LogP contribution in [0, 0.1) is 0 Å². The fraction of sp³-hybridized carbons (Fsp3) is 0.929. The number of ether oxygens (including phenoxy) is 1. The van der Waals surface area contributed by atoms with Gasteiger partial charge in [-0.05, 0) is 12.8 Å². The summed E-state index contributed by atoms with van der Waals surface area (Å²) in [5, 5.41) is 8.62. The maximum atomic E-state index is 9.87. The Hall–Kier alpha value is -0.570. The summed E-state index contributed by atoms with van der Waals surface area (Å²) in [5.41, 5.74) is 0. The number of hydrogen-bond donors (Lipinski definition) is 1. The number of aliphatic hydroxyl groups is 1. The molecule has 0 aromatic rings. The molecule has 0 fully saturated rings. The van der Waals surface area contributed by atoms with Crippen LogP contribution in [-0.4, -0.2) is 24.8 Å². The van der Waals surface area contributed by atoms with Crippen LogP contribution in [0.2, 0.25) is 0 Å². The van der Waals surface area contributed by atoms with Crippen molar-refractivity contribution in [3.05, 3.63) is 0 Å². The zero-order valence-electron chi connectivity index (χ0n) is 11.0. The van der Waals surface area contributed by atoms with E-state index in [2.05, 4.69) is 4.74 Å². The second-order valence-electron chi connectivity index (χ2n) is 4.58. The highest BCUT2D eigenvalue weighted by Crippen LogP contribution is 2.11. The molecule has 0 atom stereocenters. The first-order valence-corrected chi connectivity index (χ1v) is 7.08. The normalized spacial score (nSPS) is 10.4. The van der Waals surface area contributed by atoms with E-state index in [1.807, 2.05) is 0 Å². The van der Waals surface area contributed by atoms with Gasteiger partial charge >= 0.3 is 0 Å². The monoisotopic (exact) mass is 244 g/mol. The minimum absolute atomic E-state index is 0.341. The first kappa shape index (κ1) is 16.4. The lowest BCUT2D eigenvalue weighted by molar-refractivity contribution is -0.128. The Morgan fingerprint density at radius 3 is 1.53 bits per heavy atom. The van der Waals surface area contributed by atoms with Crippen LogP contribution in [0.3, 0.4) is 0 Å². The number of hydrogen-bond acceptors (Lipinski definition) is 3. The molecule has 102 valence electrons. The van der Waals surface area contributed by atoms with E-state index in [0.717, 1.165) is 12.8 Å². The average Bonchev–Trinajstić information content (AvgIpc) is 2.35. The summed E-state index contributed by atoms with van der Waals surface area (Å²) in [6.07, 6.45) is 13.4. The summed E-state index contributed by atoms with van der Waals surface area (Å²) in [7, 11) is 0. The number of unbranched alkanes of at least 4 members (excludes halogenated alkanes) is 10. The Balaban J connectivity index is 2.87. The molecule has 0 aromatic heterocycles. The molecule has 3 nitrogen and oxygen atoms in total. The van der Waals surface area contributed by atoms with Gasteiger partial charge < -0.3 is 9.84 Å². The van der Waals surface area contributed by atoms with Crippen LogP contribution in [0.5, 0.6) is 0 Å². The van der Waals surface area contributed by atoms with Gasteiger partial charge in [0.15, 0.2) is 0 Å². The van der Waals surface area contributed by atoms with E-state index in [1.54, 1.807) is 0 Å². The predicted octanol–water partition coefficient (Wildman–Crippen LogP) is 3.44. The van der Waals surface area contributed by atoms with E-state index >= 15 is 0 Å². The lowest BCUT2D eigenvalue weighted by Crippen LogP contribution is -1.91. The van der Waals surface area contributed by atoms with Crippen molar-refractivity contribution in [2.45, 2.75) is 70.6 Å². The summed E-state index contributed by atoms with van der Waals surface area (Å²) in [6.45, 7) is 1.44. The third-order valence-corrected chi connectivity index (χ3v) is 2.99. The van der Waals surface area contributed by atoms with E-state index in [1.165, 1.54) is 57.8 Å². The summed E-state index contributed by atoms with van der Waals surface area (Å²) >= 11 is 0. The quantitative estimate of drug-likeness (QED) is 0.376. The van der Waals surface area contributed by atoms with Gasteiger partial charge in [0.05, 0.1) is 6.61 Å². The van der Waals surface area contributed by atoms with Crippen LogP contribution in [0.1, 0.15) is 70.6 Å². The summed E-state index contributed by atoms with van der Waals surface area (Å²) in [4.78, 5) is 9.87. The van der Waals surface area contributed by atoms with E-state index < -0.39 is 0 Å². The second kappa shape index (κ2) is 15.4. The minimum Gasteiger partial charge on any atom is -0.468 e. The topological polar surface area (TPSA) is 46.5 Å². The molecule has 0 aliphatic carbocycles. The Labute approximate surface area is 106 Å². The SMILES string of the molecule is O=COCCCCCCCCCCCCCO. The maximum absolute atomic E-state index is 9.87. The second-order valence-corrected chi connectivity index (χ2v) is 4.58. The van der Waals surface area contributed by atoms with E-state index in [4.69, 9.17) is 5.11 Å². The molecule has 1 N–H and O–H groups in total. The van der Waals surface area contributed by atoms with Crippen molar-refractivity contribution in [1.29, 1.82) is 0 Å². The standard InChI is InChI=1S/C14H28O3/c15-12-10-8-6-4-2-1-3-5-7-9-11-13-17-14-16/h14-15H,1-13H2. The van der Waals surface area contributed by atoms with Gasteiger partial charge in [0, 0.05) is 6.61 Å². The molecule has 0 unspecified atom stereocenters. The van der Waals surface area contributed by atoms with Gasteiger partial charge in [-0.3, -0.25) is 4.79 Å². The molecule has 0 amide bonds. The summed E-state index contributed by atoms with van der Waals surface area (Å²) in [6, 6.07) is 0. The number of rotatable bonds is 14. The Bertz CT molecular complexity index is 148. The number of aliphatic hydroxyl groups excluding tert-OH is 1. The molecule has 0 heterocycles. The fourth-order valence-corrected chi connectivity index (χ4v) is 1.94. The number of carbonyl (C=O) groups is 1. The molecule has 0 aliphatic heterocycles. The molecule has 0 bridgehead atoms. The highest BCUT2D eigenvalue weighted by molar-refractivity contribution is 5.36. The van der Waals surface area contributed by atoms with Gasteiger partial charge in [0.2, 0.25) is 0 Å². The van der Waals surface area contributed by atoms with Gasteiger partial charge in [-0.15, -0.1) is 0 Å². The van der Waals surface area contributed by atoms with Gasteiger partial charge in [0.25, 0.3) is 6.47 Å². The smallest absolute Gasteiger partial charge is 0.293 e. The van der Waals surface area contributed by atoms with Crippen LogP contribution in [-0.2, 0) is 9.53 Å². The first-order chi connectivity index (χ1) is 8.41. The highest BCUT2D eigenvalue weighted by atomic mass is 16.5. The lowest BCUT2D eigenvalue weighted by Gasteiger charge is -2.02. The largest absolute Gasteiger partial charge is 0.468 e. The van der Waals surface area contributed by atoms with Crippen LogP contribution < -0.4 is 0 Å². The lowest BCUT2D eigenvalue weighted by atomic mass is 10.1. The van der Waals surface area contributed by atoms with Crippen molar-refractivity contribution in [3.8, 4) is 0 Å². The van der Waals surface area contributed by atoms with Gasteiger partial charge in [-0.2, -0.15) is 0 Å². The molecule has 0 aliphatic rings. The van der Waals surface area contributed by atoms with Crippen molar-refractivity contribution in [1.82, 2.24) is 0 Å². The maximum Gasteiger partial charge on any atom is 0.293 e. The van der Waals surface area contributed by atoms with Crippen LogP contribution in [0.15, 0.2) is 0 Å². The number of carbonyl (C=O) groups excluding carboxylic acids is 1. The van der Waals surface area contributed by atoms with Crippen molar-refractivity contribution in [3.63, 3.8) is 0 Å². The Morgan fingerprint density at radius 1 is 0.706 bits per heavy atom. The molecule has 17 heavy (non-hydrogen) atoms. The van der Waals surface area contributed by atoms with Gasteiger partial charge in [-0.25, -0.2) is 0 Å². The third kappa shape index (κ3) is 15.4. The molecule has 0 radical (unpaired) electrons. The van der Waals surface area contributed by atoms with E-state index in [-0.39, 0.29) is 0 Å². The molecular formula is C14H28O3. The Morgan fingerprint density at radius 2 is 1.12 bits per heavy atom. The fourth-order valence-electron chi connectivity index (χ4n) is 1.94.